The summed E-state index contributed by atoms with van der Waals surface area (Å²) in [5.74, 6) is 0.738. The molecular weight excluding hydrogens is 296 g/mol. The van der Waals surface area contributed by atoms with Crippen LogP contribution in [0.2, 0.25) is 0 Å². The lowest BCUT2D eigenvalue weighted by Gasteiger charge is -2.45. The SMILES string of the molecule is CC(C)c1cc(C(=O)N[C@@H]2[C@@H](N)[C@H]3CCO[C@H]32)nc2ncnn12. The van der Waals surface area contributed by atoms with Gasteiger partial charge in [-0.2, -0.15) is 10.1 Å². The number of carbonyl (C=O) groups is 1. The zero-order valence-electron chi connectivity index (χ0n) is 13.1. The van der Waals surface area contributed by atoms with Gasteiger partial charge in [-0.25, -0.2) is 9.50 Å². The van der Waals surface area contributed by atoms with Gasteiger partial charge in [-0.15, -0.1) is 0 Å². The molecule has 1 aliphatic heterocycles. The van der Waals surface area contributed by atoms with Crippen molar-refractivity contribution in [3.05, 3.63) is 23.8 Å². The number of ether oxygens (including phenoxy) is 1. The van der Waals surface area contributed by atoms with Gasteiger partial charge in [-0.3, -0.25) is 4.79 Å². The Morgan fingerprint density at radius 2 is 2.35 bits per heavy atom. The molecule has 0 aromatic carbocycles. The number of carbonyl (C=O) groups excluding carboxylic acids is 1. The van der Waals surface area contributed by atoms with Crippen molar-refractivity contribution < 1.29 is 9.53 Å². The minimum atomic E-state index is -0.244. The van der Waals surface area contributed by atoms with Crippen molar-refractivity contribution in [2.45, 2.75) is 44.4 Å². The zero-order chi connectivity index (χ0) is 16.1. The van der Waals surface area contributed by atoms with E-state index in [4.69, 9.17) is 10.5 Å². The van der Waals surface area contributed by atoms with E-state index in [0.717, 1.165) is 18.7 Å². The van der Waals surface area contributed by atoms with Gasteiger partial charge in [0.15, 0.2) is 0 Å². The Morgan fingerprint density at radius 1 is 1.52 bits per heavy atom. The third kappa shape index (κ3) is 2.21. The second kappa shape index (κ2) is 5.24. The summed E-state index contributed by atoms with van der Waals surface area (Å²) in [5, 5.41) is 7.12. The van der Waals surface area contributed by atoms with E-state index in [1.807, 2.05) is 13.8 Å². The Morgan fingerprint density at radius 3 is 3.13 bits per heavy atom. The maximum absolute atomic E-state index is 12.6. The predicted octanol–water partition coefficient (Wildman–Crippen LogP) is 0.0921. The zero-order valence-corrected chi connectivity index (χ0v) is 13.1. The third-order valence-electron chi connectivity index (χ3n) is 4.85. The van der Waals surface area contributed by atoms with Gasteiger partial charge < -0.3 is 15.8 Å². The van der Waals surface area contributed by atoms with Crippen molar-refractivity contribution in [1.29, 1.82) is 0 Å². The maximum Gasteiger partial charge on any atom is 0.270 e. The van der Waals surface area contributed by atoms with E-state index in [2.05, 4.69) is 20.4 Å². The van der Waals surface area contributed by atoms with Crippen LogP contribution in [-0.2, 0) is 4.74 Å². The normalized spacial score (nSPS) is 29.6. The number of hydrogen-bond donors (Lipinski definition) is 2. The Balaban J connectivity index is 1.60. The van der Waals surface area contributed by atoms with Crippen LogP contribution in [-0.4, -0.2) is 50.3 Å². The highest BCUT2D eigenvalue weighted by atomic mass is 16.5. The van der Waals surface area contributed by atoms with Crippen molar-refractivity contribution in [2.75, 3.05) is 6.61 Å². The Hall–Kier alpha value is -2.06. The van der Waals surface area contributed by atoms with Crippen LogP contribution in [0.15, 0.2) is 12.4 Å². The highest BCUT2D eigenvalue weighted by Gasteiger charge is 2.52. The van der Waals surface area contributed by atoms with E-state index in [1.165, 1.54) is 6.33 Å². The summed E-state index contributed by atoms with van der Waals surface area (Å²) in [4.78, 5) is 21.0. The van der Waals surface area contributed by atoms with Crippen molar-refractivity contribution in [3.63, 3.8) is 0 Å². The van der Waals surface area contributed by atoms with E-state index in [-0.39, 0.29) is 30.0 Å². The van der Waals surface area contributed by atoms with Crippen LogP contribution >= 0.6 is 0 Å². The van der Waals surface area contributed by atoms with Gasteiger partial charge >= 0.3 is 0 Å². The van der Waals surface area contributed by atoms with Gasteiger partial charge in [0.05, 0.1) is 17.8 Å². The summed E-state index contributed by atoms with van der Waals surface area (Å²) in [6.45, 7) is 4.80. The largest absolute Gasteiger partial charge is 0.376 e. The lowest BCUT2D eigenvalue weighted by molar-refractivity contribution is -0.0161. The van der Waals surface area contributed by atoms with Gasteiger partial charge in [-0.05, 0) is 18.4 Å². The molecule has 2 fully saturated rings. The number of nitrogens with zero attached hydrogens (tertiary/aromatic N) is 4. The smallest absolute Gasteiger partial charge is 0.270 e. The molecule has 122 valence electrons. The molecule has 3 N–H and O–H groups in total. The van der Waals surface area contributed by atoms with Crippen molar-refractivity contribution >= 4 is 11.7 Å². The number of nitrogens with two attached hydrogens (primary N) is 1. The van der Waals surface area contributed by atoms with E-state index < -0.39 is 0 Å². The Bertz CT molecular complexity index is 758. The number of rotatable bonds is 3. The number of nitrogens with one attached hydrogen (secondary N) is 1. The first-order chi connectivity index (χ1) is 11.1. The van der Waals surface area contributed by atoms with Gasteiger partial charge in [0, 0.05) is 18.6 Å². The monoisotopic (exact) mass is 316 g/mol. The molecule has 1 amide bonds. The fourth-order valence-electron chi connectivity index (χ4n) is 3.52. The number of fused-ring (bicyclic) bond motifs is 2. The molecule has 2 aromatic rings. The van der Waals surface area contributed by atoms with Crippen LogP contribution in [0.4, 0.5) is 0 Å². The van der Waals surface area contributed by atoms with Crippen LogP contribution in [0, 0.1) is 5.92 Å². The van der Waals surface area contributed by atoms with Gasteiger partial charge in [0.1, 0.15) is 12.0 Å². The molecule has 23 heavy (non-hydrogen) atoms. The number of amides is 1. The molecule has 2 aliphatic rings. The Kier molecular flexibility index (Phi) is 3.31. The first-order valence-corrected chi connectivity index (χ1v) is 7.95. The molecule has 0 unspecified atom stereocenters. The molecule has 0 spiro atoms. The van der Waals surface area contributed by atoms with Crippen molar-refractivity contribution in [3.8, 4) is 0 Å². The number of aromatic nitrogens is 4. The quantitative estimate of drug-likeness (QED) is 0.831. The standard InChI is InChI=1S/C15H20N6O2/c1-7(2)10-5-9(19-15-17-6-18-21(10)15)14(22)20-12-11(16)8-3-4-23-13(8)12/h5-8,11-13H,3-4,16H2,1-2H3,(H,20,22)/t8-,11+,12-,13-/m1/s1. The number of hydrogen-bond acceptors (Lipinski definition) is 6. The highest BCUT2D eigenvalue weighted by molar-refractivity contribution is 5.93. The van der Waals surface area contributed by atoms with E-state index >= 15 is 0 Å². The summed E-state index contributed by atoms with van der Waals surface area (Å²) in [7, 11) is 0. The van der Waals surface area contributed by atoms with Crippen LogP contribution < -0.4 is 11.1 Å². The second-order valence-electron chi connectivity index (χ2n) is 6.56. The molecule has 8 nitrogen and oxygen atoms in total. The molecule has 4 atom stereocenters. The topological polar surface area (TPSA) is 107 Å². The summed E-state index contributed by atoms with van der Waals surface area (Å²) < 4.78 is 7.31. The average Bonchev–Trinajstić information content (AvgIpc) is 3.17. The van der Waals surface area contributed by atoms with Gasteiger partial charge in [-0.1, -0.05) is 13.8 Å². The van der Waals surface area contributed by atoms with Crippen LogP contribution in [0.1, 0.15) is 42.4 Å². The van der Waals surface area contributed by atoms with Crippen LogP contribution in [0.3, 0.4) is 0 Å². The van der Waals surface area contributed by atoms with Gasteiger partial charge in [0.2, 0.25) is 0 Å². The summed E-state index contributed by atoms with van der Waals surface area (Å²) in [6, 6.07) is 1.57. The van der Waals surface area contributed by atoms with Crippen molar-refractivity contribution in [1.82, 2.24) is 24.9 Å². The predicted molar refractivity (Wildman–Crippen MR) is 81.9 cm³/mol. The summed E-state index contributed by atoms with van der Waals surface area (Å²) >= 11 is 0. The molecular formula is C15H20N6O2. The summed E-state index contributed by atoms with van der Waals surface area (Å²) in [6.07, 6.45) is 2.45. The van der Waals surface area contributed by atoms with E-state index in [1.54, 1.807) is 10.6 Å². The molecule has 1 saturated heterocycles. The molecule has 4 rings (SSSR count). The fourth-order valence-corrected chi connectivity index (χ4v) is 3.52. The average molecular weight is 316 g/mol. The third-order valence-corrected chi connectivity index (χ3v) is 4.85. The van der Waals surface area contributed by atoms with Gasteiger partial charge in [0.25, 0.3) is 11.7 Å². The molecule has 1 saturated carbocycles. The summed E-state index contributed by atoms with van der Waals surface area (Å²) in [5.41, 5.74) is 7.37. The minimum Gasteiger partial charge on any atom is -0.376 e. The molecule has 1 aliphatic carbocycles. The lowest BCUT2D eigenvalue weighted by Crippen LogP contribution is -2.69. The highest BCUT2D eigenvalue weighted by Crippen LogP contribution is 2.37. The molecule has 0 radical (unpaired) electrons. The molecule has 0 bridgehead atoms. The van der Waals surface area contributed by atoms with E-state index in [9.17, 15) is 4.79 Å². The molecule has 8 heteroatoms. The maximum atomic E-state index is 12.6. The minimum absolute atomic E-state index is 0.0374. The van der Waals surface area contributed by atoms with Crippen LogP contribution in [0.5, 0.6) is 0 Å². The first-order valence-electron chi connectivity index (χ1n) is 7.95. The fraction of sp³-hybridized carbons (Fsp3) is 0.600. The Labute approximate surface area is 133 Å². The van der Waals surface area contributed by atoms with E-state index in [0.29, 0.717) is 17.4 Å². The van der Waals surface area contributed by atoms with Crippen molar-refractivity contribution in [2.24, 2.45) is 11.7 Å². The molecule has 3 heterocycles. The lowest BCUT2D eigenvalue weighted by atomic mass is 9.72. The molecule has 2 aromatic heterocycles. The first kappa shape index (κ1) is 14.5. The van der Waals surface area contributed by atoms with Crippen LogP contribution in [0.25, 0.3) is 5.78 Å². The second-order valence-corrected chi connectivity index (χ2v) is 6.56.